The van der Waals surface area contributed by atoms with Crippen molar-refractivity contribution < 1.29 is 4.74 Å². The second-order valence-corrected chi connectivity index (χ2v) is 3.36. The smallest absolute Gasteiger partial charge is 0.137 e. The molecule has 1 fully saturated rings. The average Bonchev–Trinajstić information content (AvgIpc) is 2.69. The number of ether oxygens (including phenoxy) is 1. The van der Waals surface area contributed by atoms with Crippen molar-refractivity contribution in [2.24, 2.45) is 5.92 Å². The maximum Gasteiger partial charge on any atom is 0.137 e. The lowest BCUT2D eigenvalue weighted by atomic mass is 10.1. The van der Waals surface area contributed by atoms with E-state index in [0.29, 0.717) is 5.92 Å². The van der Waals surface area contributed by atoms with E-state index in [4.69, 9.17) is 4.74 Å². The summed E-state index contributed by atoms with van der Waals surface area (Å²) >= 11 is 0. The van der Waals surface area contributed by atoms with Crippen LogP contribution in [0.4, 0.5) is 0 Å². The van der Waals surface area contributed by atoms with Crippen LogP contribution in [-0.4, -0.2) is 24.7 Å². The Morgan fingerprint density at radius 2 is 2.62 bits per heavy atom. The van der Waals surface area contributed by atoms with Crippen LogP contribution >= 0.6 is 0 Å². The van der Waals surface area contributed by atoms with Gasteiger partial charge in [-0.05, 0) is 25.1 Å². The van der Waals surface area contributed by atoms with Gasteiger partial charge in [-0.3, -0.25) is 4.98 Å². The molecule has 1 aliphatic rings. The molecule has 0 spiro atoms. The molecule has 0 saturated carbocycles. The van der Waals surface area contributed by atoms with Gasteiger partial charge in [0.15, 0.2) is 0 Å². The van der Waals surface area contributed by atoms with E-state index in [9.17, 15) is 0 Å². The summed E-state index contributed by atoms with van der Waals surface area (Å²) in [6.45, 7) is 3.01. The molecule has 1 atom stereocenters. The van der Waals surface area contributed by atoms with Gasteiger partial charge in [0.1, 0.15) is 5.75 Å². The van der Waals surface area contributed by atoms with E-state index < -0.39 is 0 Å². The molecule has 1 aromatic heterocycles. The lowest BCUT2D eigenvalue weighted by Crippen LogP contribution is -2.15. The number of hydrogen-bond acceptors (Lipinski definition) is 3. The molecule has 13 heavy (non-hydrogen) atoms. The van der Waals surface area contributed by atoms with Gasteiger partial charge >= 0.3 is 0 Å². The minimum Gasteiger partial charge on any atom is -0.492 e. The van der Waals surface area contributed by atoms with E-state index in [1.165, 1.54) is 6.42 Å². The lowest BCUT2D eigenvalue weighted by Gasteiger charge is -2.09. The highest BCUT2D eigenvalue weighted by Gasteiger charge is 2.14. The first-order valence-corrected chi connectivity index (χ1v) is 4.69. The zero-order valence-electron chi connectivity index (χ0n) is 7.57. The van der Waals surface area contributed by atoms with Crippen molar-refractivity contribution in [2.75, 3.05) is 19.7 Å². The van der Waals surface area contributed by atoms with Crippen LogP contribution < -0.4 is 10.1 Å². The summed E-state index contributed by atoms with van der Waals surface area (Å²) in [5.41, 5.74) is 0. The second kappa shape index (κ2) is 4.23. The molecule has 3 nitrogen and oxygen atoms in total. The molecule has 0 amide bonds. The summed E-state index contributed by atoms with van der Waals surface area (Å²) in [5, 5.41) is 3.31. The Balaban J connectivity index is 1.79. The molecule has 1 N–H and O–H groups in total. The highest BCUT2D eigenvalue weighted by Crippen LogP contribution is 2.12. The highest BCUT2D eigenvalue weighted by atomic mass is 16.5. The number of rotatable bonds is 3. The van der Waals surface area contributed by atoms with E-state index >= 15 is 0 Å². The quantitative estimate of drug-likeness (QED) is 0.751. The fourth-order valence-corrected chi connectivity index (χ4v) is 1.50. The fourth-order valence-electron chi connectivity index (χ4n) is 1.50. The van der Waals surface area contributed by atoms with Crippen molar-refractivity contribution >= 4 is 0 Å². The van der Waals surface area contributed by atoms with Crippen molar-refractivity contribution in [1.29, 1.82) is 0 Å². The van der Waals surface area contributed by atoms with Crippen molar-refractivity contribution in [3.63, 3.8) is 0 Å². The molecule has 1 aromatic rings. The molecular weight excluding hydrogens is 164 g/mol. The minimum absolute atomic E-state index is 0.667. The van der Waals surface area contributed by atoms with Crippen molar-refractivity contribution in [1.82, 2.24) is 10.3 Å². The Labute approximate surface area is 78.1 Å². The van der Waals surface area contributed by atoms with Crippen molar-refractivity contribution in [3.05, 3.63) is 24.5 Å². The standard InChI is InChI=1S/C10H14N2O/c1-2-10(7-11-4-1)13-8-9-3-5-12-6-9/h1-2,4,7,9,12H,3,5-6,8H2. The fraction of sp³-hybridized carbons (Fsp3) is 0.500. The zero-order valence-corrected chi connectivity index (χ0v) is 7.57. The number of nitrogens with zero attached hydrogens (tertiary/aromatic N) is 1. The van der Waals surface area contributed by atoms with Crippen LogP contribution in [-0.2, 0) is 0 Å². The van der Waals surface area contributed by atoms with Gasteiger partial charge in [0.25, 0.3) is 0 Å². The summed E-state index contributed by atoms with van der Waals surface area (Å²) in [4.78, 5) is 3.99. The summed E-state index contributed by atoms with van der Waals surface area (Å²) in [5.74, 6) is 1.54. The maximum absolute atomic E-state index is 5.59. The van der Waals surface area contributed by atoms with Gasteiger partial charge in [0.2, 0.25) is 0 Å². The van der Waals surface area contributed by atoms with Gasteiger partial charge < -0.3 is 10.1 Å². The van der Waals surface area contributed by atoms with Gasteiger partial charge in [0.05, 0.1) is 12.8 Å². The predicted octanol–water partition coefficient (Wildman–Crippen LogP) is 1.07. The predicted molar refractivity (Wildman–Crippen MR) is 50.7 cm³/mol. The van der Waals surface area contributed by atoms with Crippen LogP contribution in [0.15, 0.2) is 24.5 Å². The molecule has 0 bridgehead atoms. The molecule has 3 heteroatoms. The Morgan fingerprint density at radius 1 is 1.62 bits per heavy atom. The maximum atomic E-state index is 5.59. The molecule has 0 radical (unpaired) electrons. The molecule has 1 saturated heterocycles. The molecular formula is C10H14N2O. The van der Waals surface area contributed by atoms with E-state index in [1.807, 2.05) is 12.1 Å². The molecule has 0 aliphatic carbocycles. The average molecular weight is 178 g/mol. The van der Waals surface area contributed by atoms with Crippen molar-refractivity contribution in [2.45, 2.75) is 6.42 Å². The number of hydrogen-bond donors (Lipinski definition) is 1. The first-order chi connectivity index (χ1) is 6.45. The first kappa shape index (κ1) is 8.51. The van der Waals surface area contributed by atoms with Gasteiger partial charge in [-0.2, -0.15) is 0 Å². The lowest BCUT2D eigenvalue weighted by molar-refractivity contribution is 0.259. The second-order valence-electron chi connectivity index (χ2n) is 3.36. The van der Waals surface area contributed by atoms with E-state index in [1.54, 1.807) is 12.4 Å². The Bertz CT molecular complexity index is 244. The van der Waals surface area contributed by atoms with Gasteiger partial charge in [-0.25, -0.2) is 0 Å². The van der Waals surface area contributed by atoms with Crippen LogP contribution in [0.2, 0.25) is 0 Å². The minimum atomic E-state index is 0.667. The normalized spacial score (nSPS) is 21.7. The SMILES string of the molecule is c1cncc(OCC2CCNC2)c1. The molecule has 1 unspecified atom stereocenters. The van der Waals surface area contributed by atoms with Gasteiger partial charge in [-0.15, -0.1) is 0 Å². The molecule has 0 aromatic carbocycles. The first-order valence-electron chi connectivity index (χ1n) is 4.69. The van der Waals surface area contributed by atoms with Gasteiger partial charge in [0, 0.05) is 18.7 Å². The van der Waals surface area contributed by atoms with E-state index in [0.717, 1.165) is 25.4 Å². The molecule has 2 heterocycles. The third-order valence-corrected chi connectivity index (χ3v) is 2.28. The molecule has 2 rings (SSSR count). The van der Waals surface area contributed by atoms with Crippen LogP contribution in [0.5, 0.6) is 5.75 Å². The number of pyridine rings is 1. The summed E-state index contributed by atoms with van der Waals surface area (Å²) < 4.78 is 5.59. The Morgan fingerprint density at radius 3 is 3.31 bits per heavy atom. The van der Waals surface area contributed by atoms with Crippen LogP contribution in [0, 0.1) is 5.92 Å². The summed E-state index contributed by atoms with van der Waals surface area (Å²) in [7, 11) is 0. The highest BCUT2D eigenvalue weighted by molar-refractivity contribution is 5.15. The largest absolute Gasteiger partial charge is 0.492 e. The molecule has 1 aliphatic heterocycles. The number of nitrogens with one attached hydrogen (secondary N) is 1. The van der Waals surface area contributed by atoms with Crippen LogP contribution in [0.25, 0.3) is 0 Å². The Kier molecular flexibility index (Phi) is 2.77. The van der Waals surface area contributed by atoms with Crippen LogP contribution in [0.3, 0.4) is 0 Å². The third kappa shape index (κ3) is 2.42. The molecule has 70 valence electrons. The van der Waals surface area contributed by atoms with E-state index in [2.05, 4.69) is 10.3 Å². The van der Waals surface area contributed by atoms with Gasteiger partial charge in [-0.1, -0.05) is 0 Å². The Hall–Kier alpha value is -1.09. The number of aromatic nitrogens is 1. The van der Waals surface area contributed by atoms with Crippen LogP contribution in [0.1, 0.15) is 6.42 Å². The van der Waals surface area contributed by atoms with Crippen molar-refractivity contribution in [3.8, 4) is 5.75 Å². The van der Waals surface area contributed by atoms with E-state index in [-0.39, 0.29) is 0 Å². The zero-order chi connectivity index (χ0) is 8.93. The summed E-state index contributed by atoms with van der Waals surface area (Å²) in [6, 6.07) is 3.83. The summed E-state index contributed by atoms with van der Waals surface area (Å²) in [6.07, 6.45) is 4.73. The monoisotopic (exact) mass is 178 g/mol. The topological polar surface area (TPSA) is 34.1 Å². The third-order valence-electron chi connectivity index (χ3n) is 2.28.